The minimum Gasteiger partial charge on any atom is -0.379 e. The number of carbonyl (C=O) groups excluding carboxylic acids is 2. The average Bonchev–Trinajstić information content (AvgIpc) is 2.67. The summed E-state index contributed by atoms with van der Waals surface area (Å²) in [5.41, 5.74) is 2.61. The molecule has 0 bridgehead atoms. The van der Waals surface area contributed by atoms with Gasteiger partial charge < -0.3 is 20.7 Å². The van der Waals surface area contributed by atoms with E-state index in [2.05, 4.69) is 65.9 Å². The normalized spacial score (nSPS) is 15.1. The fraction of sp³-hybridized carbons (Fsp3) is 0.619. The standard InChI is InChI=1S/C21H34N4O3/c1-21(2,3)18-6-4-17(5-7-18)8-9-23-20(27)24-16-19(26)22-10-11-25-12-14-28-15-13-25/h4-7H,8-16H2,1-3H3,(H,22,26)(H2,23,24,27). The lowest BCUT2D eigenvalue weighted by atomic mass is 9.86. The third-order valence-corrected chi connectivity index (χ3v) is 4.78. The minimum absolute atomic E-state index is 0.0186. The van der Waals surface area contributed by atoms with Crippen LogP contribution in [-0.4, -0.2) is 69.3 Å². The number of nitrogens with zero attached hydrogens (tertiary/aromatic N) is 1. The predicted octanol–water partition coefficient (Wildman–Crippen LogP) is 1.27. The summed E-state index contributed by atoms with van der Waals surface area (Å²) < 4.78 is 5.29. The number of ether oxygens (including phenoxy) is 1. The van der Waals surface area contributed by atoms with Gasteiger partial charge in [0.2, 0.25) is 5.91 Å². The Bertz CT molecular complexity index is 620. The van der Waals surface area contributed by atoms with Crippen LogP contribution in [0.25, 0.3) is 0 Å². The first-order valence-corrected chi connectivity index (χ1v) is 10.0. The van der Waals surface area contributed by atoms with Crippen molar-refractivity contribution in [1.82, 2.24) is 20.9 Å². The van der Waals surface area contributed by atoms with Gasteiger partial charge in [0.05, 0.1) is 19.8 Å². The van der Waals surface area contributed by atoms with E-state index < -0.39 is 0 Å². The third kappa shape index (κ3) is 8.27. The van der Waals surface area contributed by atoms with Crippen molar-refractivity contribution in [2.45, 2.75) is 32.6 Å². The summed E-state index contributed by atoms with van der Waals surface area (Å²) in [5.74, 6) is -0.179. The van der Waals surface area contributed by atoms with Crippen molar-refractivity contribution in [3.8, 4) is 0 Å². The molecule has 0 saturated carbocycles. The number of amides is 3. The molecule has 1 fully saturated rings. The van der Waals surface area contributed by atoms with E-state index in [9.17, 15) is 9.59 Å². The van der Waals surface area contributed by atoms with E-state index in [0.29, 0.717) is 13.1 Å². The highest BCUT2D eigenvalue weighted by molar-refractivity contribution is 5.83. The van der Waals surface area contributed by atoms with Crippen molar-refractivity contribution in [2.75, 3.05) is 52.5 Å². The molecule has 1 heterocycles. The highest BCUT2D eigenvalue weighted by atomic mass is 16.5. The quantitative estimate of drug-likeness (QED) is 0.624. The molecule has 3 N–H and O–H groups in total. The first-order chi connectivity index (χ1) is 13.3. The van der Waals surface area contributed by atoms with Crippen LogP contribution in [-0.2, 0) is 21.4 Å². The zero-order chi connectivity index (χ0) is 20.4. The van der Waals surface area contributed by atoms with E-state index in [1.807, 2.05) is 0 Å². The Hall–Kier alpha value is -2.12. The van der Waals surface area contributed by atoms with Gasteiger partial charge in [0.15, 0.2) is 0 Å². The molecular formula is C21H34N4O3. The van der Waals surface area contributed by atoms with Crippen LogP contribution in [0.5, 0.6) is 0 Å². The summed E-state index contributed by atoms with van der Waals surface area (Å²) in [4.78, 5) is 25.9. The first-order valence-electron chi connectivity index (χ1n) is 10.0. The fourth-order valence-corrected chi connectivity index (χ4v) is 2.96. The van der Waals surface area contributed by atoms with Crippen LogP contribution in [0.3, 0.4) is 0 Å². The molecule has 0 spiro atoms. The molecule has 1 aromatic carbocycles. The highest BCUT2D eigenvalue weighted by Crippen LogP contribution is 2.22. The second-order valence-corrected chi connectivity index (χ2v) is 8.11. The largest absolute Gasteiger partial charge is 0.379 e. The fourth-order valence-electron chi connectivity index (χ4n) is 2.96. The Morgan fingerprint density at radius 3 is 2.32 bits per heavy atom. The Balaban J connectivity index is 1.55. The third-order valence-electron chi connectivity index (χ3n) is 4.78. The molecule has 1 saturated heterocycles. The van der Waals surface area contributed by atoms with Gasteiger partial charge in [0, 0.05) is 32.7 Å². The van der Waals surface area contributed by atoms with E-state index in [1.54, 1.807) is 0 Å². The highest BCUT2D eigenvalue weighted by Gasteiger charge is 2.13. The molecule has 3 amide bonds. The van der Waals surface area contributed by atoms with Crippen molar-refractivity contribution in [1.29, 1.82) is 0 Å². The van der Waals surface area contributed by atoms with Gasteiger partial charge in [0.1, 0.15) is 0 Å². The zero-order valence-corrected chi connectivity index (χ0v) is 17.3. The van der Waals surface area contributed by atoms with Crippen LogP contribution >= 0.6 is 0 Å². The molecule has 0 radical (unpaired) electrons. The number of morpholine rings is 1. The van der Waals surface area contributed by atoms with Crippen LogP contribution in [0.4, 0.5) is 4.79 Å². The Labute approximate surface area is 168 Å². The summed E-state index contributed by atoms with van der Waals surface area (Å²) in [5, 5.41) is 8.20. The van der Waals surface area contributed by atoms with Crippen LogP contribution < -0.4 is 16.0 Å². The summed E-state index contributed by atoms with van der Waals surface area (Å²) in [6.45, 7) is 11.7. The van der Waals surface area contributed by atoms with E-state index in [0.717, 1.165) is 39.3 Å². The van der Waals surface area contributed by atoms with Gasteiger partial charge in [-0.3, -0.25) is 9.69 Å². The monoisotopic (exact) mass is 390 g/mol. The molecular weight excluding hydrogens is 356 g/mol. The van der Waals surface area contributed by atoms with E-state index in [4.69, 9.17) is 4.74 Å². The molecule has 0 atom stereocenters. The minimum atomic E-state index is -0.324. The number of urea groups is 1. The number of rotatable bonds is 8. The lowest BCUT2D eigenvalue weighted by Gasteiger charge is -2.26. The molecule has 1 aliphatic heterocycles. The molecule has 28 heavy (non-hydrogen) atoms. The number of carbonyl (C=O) groups is 2. The number of benzene rings is 1. The Morgan fingerprint density at radius 2 is 1.68 bits per heavy atom. The molecule has 0 aromatic heterocycles. The van der Waals surface area contributed by atoms with Gasteiger partial charge in [-0.15, -0.1) is 0 Å². The van der Waals surface area contributed by atoms with Gasteiger partial charge >= 0.3 is 6.03 Å². The molecule has 2 rings (SSSR count). The van der Waals surface area contributed by atoms with Crippen molar-refractivity contribution in [3.05, 3.63) is 35.4 Å². The van der Waals surface area contributed by atoms with Crippen molar-refractivity contribution in [2.24, 2.45) is 0 Å². The van der Waals surface area contributed by atoms with Crippen LogP contribution in [0.15, 0.2) is 24.3 Å². The van der Waals surface area contributed by atoms with Gasteiger partial charge in [-0.2, -0.15) is 0 Å². The second kappa shape index (κ2) is 11.0. The molecule has 1 aliphatic rings. The maximum Gasteiger partial charge on any atom is 0.315 e. The van der Waals surface area contributed by atoms with Gasteiger partial charge in [0.25, 0.3) is 0 Å². The van der Waals surface area contributed by atoms with Crippen molar-refractivity contribution < 1.29 is 14.3 Å². The van der Waals surface area contributed by atoms with Crippen molar-refractivity contribution in [3.63, 3.8) is 0 Å². The predicted molar refractivity (Wildman–Crippen MR) is 111 cm³/mol. The molecule has 7 nitrogen and oxygen atoms in total. The number of nitrogens with one attached hydrogen (secondary N) is 3. The second-order valence-electron chi connectivity index (χ2n) is 8.11. The topological polar surface area (TPSA) is 82.7 Å². The number of hydrogen-bond donors (Lipinski definition) is 3. The smallest absolute Gasteiger partial charge is 0.315 e. The summed E-state index contributed by atoms with van der Waals surface area (Å²) >= 11 is 0. The van der Waals surface area contributed by atoms with Crippen molar-refractivity contribution >= 4 is 11.9 Å². The Morgan fingerprint density at radius 1 is 1.00 bits per heavy atom. The summed E-state index contributed by atoms with van der Waals surface area (Å²) in [6, 6.07) is 8.15. The number of hydrogen-bond acceptors (Lipinski definition) is 4. The molecule has 7 heteroatoms. The summed E-state index contributed by atoms with van der Waals surface area (Å²) in [7, 11) is 0. The van der Waals surface area contributed by atoms with Crippen LogP contribution in [0.1, 0.15) is 31.9 Å². The van der Waals surface area contributed by atoms with E-state index >= 15 is 0 Å². The maximum atomic E-state index is 11.8. The van der Waals surface area contributed by atoms with E-state index in [-0.39, 0.29) is 23.9 Å². The van der Waals surface area contributed by atoms with E-state index in [1.165, 1.54) is 11.1 Å². The lowest BCUT2D eigenvalue weighted by molar-refractivity contribution is -0.120. The zero-order valence-electron chi connectivity index (χ0n) is 17.3. The molecule has 0 unspecified atom stereocenters. The van der Waals surface area contributed by atoms with Gasteiger partial charge in [-0.05, 0) is 23.0 Å². The Kier molecular flexibility index (Phi) is 8.73. The lowest BCUT2D eigenvalue weighted by Crippen LogP contribution is -2.45. The molecule has 1 aromatic rings. The molecule has 0 aliphatic carbocycles. The molecule has 156 valence electrons. The van der Waals surface area contributed by atoms with Crippen LogP contribution in [0, 0.1) is 0 Å². The summed E-state index contributed by atoms with van der Waals surface area (Å²) in [6.07, 6.45) is 0.754. The maximum absolute atomic E-state index is 11.8. The van der Waals surface area contributed by atoms with Gasteiger partial charge in [-0.25, -0.2) is 4.79 Å². The van der Waals surface area contributed by atoms with Crippen LogP contribution in [0.2, 0.25) is 0 Å². The van der Waals surface area contributed by atoms with Gasteiger partial charge in [-0.1, -0.05) is 45.0 Å². The first kappa shape index (κ1) is 22.2. The average molecular weight is 391 g/mol. The SMILES string of the molecule is CC(C)(C)c1ccc(CCNC(=O)NCC(=O)NCCN2CCOCC2)cc1.